The van der Waals surface area contributed by atoms with Crippen molar-refractivity contribution in [1.29, 1.82) is 0 Å². The van der Waals surface area contributed by atoms with Crippen LogP contribution in [0.25, 0.3) is 0 Å². The molecule has 2 unspecified atom stereocenters. The first-order valence-corrected chi connectivity index (χ1v) is 5.62. The summed E-state index contributed by atoms with van der Waals surface area (Å²) in [6.45, 7) is 1.87. The summed E-state index contributed by atoms with van der Waals surface area (Å²) in [6.07, 6.45) is 15.7. The normalized spacial score (nSPS) is 35.3. The number of allylic oxidation sites excluding steroid dienone is 8. The summed E-state index contributed by atoms with van der Waals surface area (Å²) >= 11 is 0. The Bertz CT molecular complexity index is 475. The number of ether oxygens (including phenoxy) is 1. The smallest absolute Gasteiger partial charge is 0.137 e. The Morgan fingerprint density at radius 2 is 2.25 bits per heavy atom. The summed E-state index contributed by atoms with van der Waals surface area (Å²) in [5.41, 5.74) is 1.94. The van der Waals surface area contributed by atoms with E-state index in [0.717, 1.165) is 12.2 Å². The number of hydrogen-bond acceptors (Lipinski definition) is 1. The fourth-order valence-corrected chi connectivity index (χ4v) is 2.38. The summed E-state index contributed by atoms with van der Waals surface area (Å²) in [6, 6.07) is 0. The van der Waals surface area contributed by atoms with Gasteiger partial charge in [0.1, 0.15) is 13.6 Å². The Balaban J connectivity index is 2.01. The highest BCUT2D eigenvalue weighted by Crippen LogP contribution is 2.39. The van der Waals surface area contributed by atoms with E-state index in [1.54, 1.807) is 0 Å². The summed E-state index contributed by atoms with van der Waals surface area (Å²) in [5.74, 6) is 1.36. The molecule has 3 rings (SSSR count). The van der Waals surface area contributed by atoms with Gasteiger partial charge in [-0.15, -0.1) is 0 Å². The van der Waals surface area contributed by atoms with Gasteiger partial charge >= 0.3 is 0 Å². The average molecular weight is 208 g/mol. The van der Waals surface area contributed by atoms with Crippen LogP contribution in [0, 0.1) is 5.92 Å². The summed E-state index contributed by atoms with van der Waals surface area (Å²) in [5, 5.41) is 0. The maximum absolute atomic E-state index is 5.95. The zero-order chi connectivity index (χ0) is 11.2. The zero-order valence-electron chi connectivity index (χ0n) is 9.31. The first kappa shape index (κ1) is 9.77. The van der Waals surface area contributed by atoms with Crippen molar-refractivity contribution in [1.82, 2.24) is 0 Å². The van der Waals surface area contributed by atoms with Crippen molar-refractivity contribution >= 4 is 7.85 Å². The van der Waals surface area contributed by atoms with Crippen molar-refractivity contribution in [3.05, 3.63) is 59.4 Å². The molecule has 16 heavy (non-hydrogen) atoms. The van der Waals surface area contributed by atoms with Crippen molar-refractivity contribution in [3.63, 3.8) is 0 Å². The molecule has 0 aromatic rings. The average Bonchev–Trinajstić information content (AvgIpc) is 2.27. The van der Waals surface area contributed by atoms with Gasteiger partial charge in [-0.3, -0.25) is 0 Å². The molecule has 78 valence electrons. The Morgan fingerprint density at radius 1 is 1.38 bits per heavy atom. The predicted octanol–water partition coefficient (Wildman–Crippen LogP) is 2.78. The molecule has 0 fully saturated rings. The molecule has 1 aliphatic heterocycles. The molecule has 0 aromatic carbocycles. The lowest BCUT2D eigenvalue weighted by atomic mass is 9.76. The van der Waals surface area contributed by atoms with E-state index in [-0.39, 0.29) is 0 Å². The van der Waals surface area contributed by atoms with E-state index in [2.05, 4.69) is 30.4 Å². The minimum absolute atomic E-state index is 0.442. The second kappa shape index (κ2) is 3.28. The van der Waals surface area contributed by atoms with Crippen molar-refractivity contribution in [2.45, 2.75) is 18.8 Å². The minimum Gasteiger partial charge on any atom is -0.493 e. The van der Waals surface area contributed by atoms with E-state index in [9.17, 15) is 0 Å². The SMILES string of the molecule is [B]C1(C)C=CC2=C(C=CC3=CC=CCC32)O1. The highest BCUT2D eigenvalue weighted by molar-refractivity contribution is 6.15. The lowest BCUT2D eigenvalue weighted by Gasteiger charge is -2.35. The molecule has 0 bridgehead atoms. The number of hydrogen-bond donors (Lipinski definition) is 0. The van der Waals surface area contributed by atoms with E-state index in [1.807, 2.05) is 19.1 Å². The lowest BCUT2D eigenvalue weighted by molar-refractivity contribution is 0.134. The van der Waals surface area contributed by atoms with E-state index >= 15 is 0 Å². The molecule has 1 nitrogen and oxygen atoms in total. The second-order valence-electron chi connectivity index (χ2n) is 4.66. The summed E-state index contributed by atoms with van der Waals surface area (Å²) in [4.78, 5) is 0. The third kappa shape index (κ3) is 1.49. The van der Waals surface area contributed by atoms with Gasteiger partial charge in [-0.1, -0.05) is 36.5 Å². The van der Waals surface area contributed by atoms with E-state index in [0.29, 0.717) is 5.92 Å². The van der Waals surface area contributed by atoms with Crippen LogP contribution in [0.1, 0.15) is 13.3 Å². The maximum Gasteiger partial charge on any atom is 0.137 e. The quantitative estimate of drug-likeness (QED) is 0.556. The topological polar surface area (TPSA) is 9.23 Å². The van der Waals surface area contributed by atoms with Gasteiger partial charge in [0.15, 0.2) is 0 Å². The third-order valence-corrected chi connectivity index (χ3v) is 3.21. The molecule has 0 amide bonds. The van der Waals surface area contributed by atoms with Gasteiger partial charge in [0, 0.05) is 11.5 Å². The van der Waals surface area contributed by atoms with Crippen LogP contribution in [-0.4, -0.2) is 13.3 Å². The van der Waals surface area contributed by atoms with Gasteiger partial charge in [0.25, 0.3) is 0 Å². The van der Waals surface area contributed by atoms with Crippen LogP contribution >= 0.6 is 0 Å². The molecule has 0 N–H and O–H groups in total. The molecule has 1 heterocycles. The third-order valence-electron chi connectivity index (χ3n) is 3.21. The van der Waals surface area contributed by atoms with Gasteiger partial charge in [-0.25, -0.2) is 0 Å². The van der Waals surface area contributed by atoms with Gasteiger partial charge < -0.3 is 4.74 Å². The van der Waals surface area contributed by atoms with Gasteiger partial charge in [-0.2, -0.15) is 0 Å². The van der Waals surface area contributed by atoms with Crippen molar-refractivity contribution in [2.75, 3.05) is 0 Å². The lowest BCUT2D eigenvalue weighted by Crippen LogP contribution is -2.30. The largest absolute Gasteiger partial charge is 0.493 e. The Kier molecular flexibility index (Phi) is 2.00. The molecular formula is C14H13BO. The van der Waals surface area contributed by atoms with Crippen molar-refractivity contribution in [3.8, 4) is 0 Å². The monoisotopic (exact) mass is 208 g/mol. The molecule has 2 radical (unpaired) electrons. The van der Waals surface area contributed by atoms with Crippen LogP contribution < -0.4 is 0 Å². The standard InChI is InChI=1S/C14H13BO/c1-14(15)9-8-12-11-5-3-2-4-10(11)6-7-13(12)16-14/h2-4,6-9,11H,5H2,1H3. The number of rotatable bonds is 0. The van der Waals surface area contributed by atoms with E-state index < -0.39 is 5.50 Å². The highest BCUT2D eigenvalue weighted by atomic mass is 16.5. The first-order chi connectivity index (χ1) is 7.66. The molecule has 2 aliphatic carbocycles. The van der Waals surface area contributed by atoms with E-state index in [4.69, 9.17) is 12.6 Å². The van der Waals surface area contributed by atoms with Crippen LogP contribution in [0.4, 0.5) is 0 Å². The van der Waals surface area contributed by atoms with E-state index in [1.165, 1.54) is 11.1 Å². The molecule has 2 heteroatoms. The molecule has 2 atom stereocenters. The van der Waals surface area contributed by atoms with Crippen LogP contribution in [-0.2, 0) is 4.74 Å². The van der Waals surface area contributed by atoms with Gasteiger partial charge in [0.2, 0.25) is 0 Å². The fourth-order valence-electron chi connectivity index (χ4n) is 2.38. The van der Waals surface area contributed by atoms with Crippen molar-refractivity contribution < 1.29 is 4.74 Å². The molecule has 0 aromatic heterocycles. The second-order valence-corrected chi connectivity index (χ2v) is 4.66. The Morgan fingerprint density at radius 3 is 3.12 bits per heavy atom. The zero-order valence-corrected chi connectivity index (χ0v) is 9.31. The number of fused-ring (bicyclic) bond motifs is 2. The summed E-state index contributed by atoms with van der Waals surface area (Å²) < 4.78 is 5.76. The van der Waals surface area contributed by atoms with Crippen LogP contribution in [0.15, 0.2) is 59.4 Å². The molecule has 0 saturated heterocycles. The van der Waals surface area contributed by atoms with Crippen LogP contribution in [0.2, 0.25) is 0 Å². The predicted molar refractivity (Wildman–Crippen MR) is 65.9 cm³/mol. The molecular weight excluding hydrogens is 195 g/mol. The first-order valence-electron chi connectivity index (χ1n) is 5.62. The Hall–Kier alpha value is -1.44. The van der Waals surface area contributed by atoms with Crippen molar-refractivity contribution in [2.24, 2.45) is 5.92 Å². The fraction of sp³-hybridized carbons (Fsp3) is 0.286. The minimum atomic E-state index is -0.672. The van der Waals surface area contributed by atoms with Gasteiger partial charge in [-0.05, 0) is 25.0 Å². The van der Waals surface area contributed by atoms with Crippen LogP contribution in [0.3, 0.4) is 0 Å². The molecule has 3 aliphatic rings. The summed E-state index contributed by atoms with van der Waals surface area (Å²) in [7, 11) is 5.95. The molecule has 0 saturated carbocycles. The highest BCUT2D eigenvalue weighted by Gasteiger charge is 2.29. The Labute approximate surface area is 97.3 Å². The van der Waals surface area contributed by atoms with Gasteiger partial charge in [0.05, 0.1) is 5.50 Å². The van der Waals surface area contributed by atoms with Crippen LogP contribution in [0.5, 0.6) is 0 Å². The maximum atomic E-state index is 5.95. The molecule has 0 spiro atoms.